The first-order valence-electron chi connectivity index (χ1n) is 6.27. The van der Waals surface area contributed by atoms with Crippen LogP contribution in [0.25, 0.3) is 0 Å². The van der Waals surface area contributed by atoms with E-state index < -0.39 is 53.0 Å². The minimum absolute atomic E-state index is 0.323. The lowest BCUT2D eigenvalue weighted by Gasteiger charge is -2.38. The number of carbonyl (C=O) groups is 1. The zero-order valence-corrected chi connectivity index (χ0v) is 12.9. The highest BCUT2D eigenvalue weighted by Crippen LogP contribution is 2.22. The normalized spacial score (nSPS) is 28.3. The van der Waals surface area contributed by atoms with Crippen LogP contribution in [-0.2, 0) is 24.3 Å². The minimum Gasteiger partial charge on any atom is -0.479 e. The molecule has 0 aromatic rings. The molecule has 11 heteroatoms. The van der Waals surface area contributed by atoms with Gasteiger partial charge in [-0.25, -0.2) is 17.9 Å². The summed E-state index contributed by atoms with van der Waals surface area (Å²) in [4.78, 5) is 11.5. The summed E-state index contributed by atoms with van der Waals surface area (Å²) in [5.41, 5.74) is 5.79. The molecule has 1 heterocycles. The molecule has 0 amide bonds. The molecule has 1 rings (SSSR count). The first-order chi connectivity index (χ1) is 10.1. The summed E-state index contributed by atoms with van der Waals surface area (Å²) in [6.07, 6.45) is -2.68. The van der Waals surface area contributed by atoms with Crippen molar-refractivity contribution in [3.05, 3.63) is 11.8 Å². The third kappa shape index (κ3) is 4.63. The molecule has 0 unspecified atom stereocenters. The molecule has 0 saturated heterocycles. The number of nitrogens with one attached hydrogen (secondary N) is 1. The van der Waals surface area contributed by atoms with Gasteiger partial charge >= 0.3 is 5.97 Å². The van der Waals surface area contributed by atoms with Gasteiger partial charge in [-0.3, -0.25) is 0 Å². The SMILES string of the molecule is COC(=O)C1=C[C@H](N)[C@@H](NS(C)(=O)=O)[C@H]([C@H](O)[C@H](O)CO)O1. The number of aliphatic hydroxyl groups excluding tert-OH is 3. The van der Waals surface area contributed by atoms with Crippen LogP contribution < -0.4 is 10.5 Å². The summed E-state index contributed by atoms with van der Waals surface area (Å²) in [5.74, 6) is -1.19. The van der Waals surface area contributed by atoms with Crippen LogP contribution >= 0.6 is 0 Å². The van der Waals surface area contributed by atoms with Crippen molar-refractivity contribution in [3.8, 4) is 0 Å². The van der Waals surface area contributed by atoms with Crippen molar-refractivity contribution in [2.75, 3.05) is 20.0 Å². The van der Waals surface area contributed by atoms with Gasteiger partial charge in [0.2, 0.25) is 15.8 Å². The third-order valence-electron chi connectivity index (χ3n) is 3.03. The Morgan fingerprint density at radius 3 is 2.59 bits per heavy atom. The molecule has 6 N–H and O–H groups in total. The van der Waals surface area contributed by atoms with Gasteiger partial charge in [0, 0.05) is 6.04 Å². The summed E-state index contributed by atoms with van der Waals surface area (Å²) < 4.78 is 34.6. The van der Waals surface area contributed by atoms with Gasteiger partial charge in [-0.15, -0.1) is 0 Å². The van der Waals surface area contributed by atoms with E-state index in [0.29, 0.717) is 0 Å². The average Bonchev–Trinajstić information content (AvgIpc) is 2.45. The van der Waals surface area contributed by atoms with Gasteiger partial charge in [-0.2, -0.15) is 0 Å². The molecular weight excluding hydrogens is 320 g/mol. The molecule has 5 atom stereocenters. The van der Waals surface area contributed by atoms with Crippen LogP contribution in [0, 0.1) is 0 Å². The van der Waals surface area contributed by atoms with Crippen LogP contribution in [0.2, 0.25) is 0 Å². The molecule has 0 saturated carbocycles. The van der Waals surface area contributed by atoms with Gasteiger partial charge in [0.05, 0.1) is 26.0 Å². The Labute approximate surface area is 127 Å². The van der Waals surface area contributed by atoms with E-state index in [9.17, 15) is 23.4 Å². The predicted molar refractivity (Wildman–Crippen MR) is 73.8 cm³/mol. The molecule has 128 valence electrons. The highest BCUT2D eigenvalue weighted by Gasteiger charge is 2.43. The van der Waals surface area contributed by atoms with Gasteiger partial charge in [0.15, 0.2) is 0 Å². The van der Waals surface area contributed by atoms with Gasteiger partial charge in [-0.1, -0.05) is 0 Å². The van der Waals surface area contributed by atoms with Crippen molar-refractivity contribution >= 4 is 16.0 Å². The fourth-order valence-corrected chi connectivity index (χ4v) is 2.76. The summed E-state index contributed by atoms with van der Waals surface area (Å²) in [6, 6.07) is -2.18. The fourth-order valence-electron chi connectivity index (χ4n) is 1.98. The second kappa shape index (κ2) is 7.35. The molecule has 1 aliphatic heterocycles. The van der Waals surface area contributed by atoms with E-state index in [0.717, 1.165) is 19.4 Å². The Hall–Kier alpha value is -1.24. The Bertz CT molecular complexity index is 534. The van der Waals surface area contributed by atoms with Gasteiger partial charge in [0.25, 0.3) is 0 Å². The van der Waals surface area contributed by atoms with Crippen molar-refractivity contribution in [1.29, 1.82) is 0 Å². The molecule has 0 spiro atoms. The number of methoxy groups -OCH3 is 1. The van der Waals surface area contributed by atoms with E-state index in [2.05, 4.69) is 9.46 Å². The van der Waals surface area contributed by atoms with Crippen LogP contribution in [0.1, 0.15) is 0 Å². The lowest BCUT2D eigenvalue weighted by Crippen LogP contribution is -2.62. The number of rotatable bonds is 6. The molecular formula is C11H20N2O8S. The van der Waals surface area contributed by atoms with Crippen molar-refractivity contribution in [1.82, 2.24) is 4.72 Å². The highest BCUT2D eigenvalue weighted by molar-refractivity contribution is 7.88. The van der Waals surface area contributed by atoms with E-state index in [-0.39, 0.29) is 5.76 Å². The van der Waals surface area contributed by atoms with Crippen LogP contribution in [0.3, 0.4) is 0 Å². The van der Waals surface area contributed by atoms with E-state index in [1.807, 2.05) is 0 Å². The quantitative estimate of drug-likeness (QED) is 0.307. The summed E-state index contributed by atoms with van der Waals surface area (Å²) in [6.45, 7) is -0.793. The Morgan fingerprint density at radius 2 is 2.14 bits per heavy atom. The zero-order valence-electron chi connectivity index (χ0n) is 12.0. The average molecular weight is 340 g/mol. The molecule has 0 radical (unpaired) electrons. The van der Waals surface area contributed by atoms with Crippen LogP contribution in [-0.4, -0.2) is 80.1 Å². The van der Waals surface area contributed by atoms with Gasteiger partial charge in [-0.05, 0) is 6.08 Å². The number of carbonyl (C=O) groups excluding carboxylic acids is 1. The zero-order chi connectivity index (χ0) is 17.1. The Balaban J connectivity index is 3.14. The molecule has 0 fully saturated rings. The molecule has 10 nitrogen and oxygen atoms in total. The molecule has 0 aliphatic carbocycles. The summed E-state index contributed by atoms with van der Waals surface area (Å²) in [5, 5.41) is 28.4. The van der Waals surface area contributed by atoms with Crippen molar-refractivity contribution in [2.45, 2.75) is 30.4 Å². The molecule has 0 aromatic heterocycles. The maximum absolute atomic E-state index is 11.5. The van der Waals surface area contributed by atoms with Crippen molar-refractivity contribution < 1.29 is 38.0 Å². The van der Waals surface area contributed by atoms with Crippen LogP contribution in [0.4, 0.5) is 0 Å². The van der Waals surface area contributed by atoms with E-state index >= 15 is 0 Å². The number of sulfonamides is 1. The maximum Gasteiger partial charge on any atom is 0.373 e. The highest BCUT2D eigenvalue weighted by atomic mass is 32.2. The smallest absolute Gasteiger partial charge is 0.373 e. The number of ether oxygens (including phenoxy) is 2. The Kier molecular flexibility index (Phi) is 6.28. The van der Waals surface area contributed by atoms with E-state index in [4.69, 9.17) is 15.6 Å². The second-order valence-electron chi connectivity index (χ2n) is 4.84. The standard InChI is InChI=1S/C11H20N2O8S/c1-20-11(17)7-3-5(12)8(13-22(2,18)19)10(21-7)9(16)6(15)4-14/h3,5-6,8-10,13-16H,4,12H2,1-2H3/t5-,6+,8+,9+,10+/m0/s1. The first kappa shape index (κ1) is 18.8. The number of aliphatic hydroxyl groups is 3. The third-order valence-corrected chi connectivity index (χ3v) is 3.73. The molecule has 0 aromatic carbocycles. The lowest BCUT2D eigenvalue weighted by molar-refractivity contribution is -0.147. The summed E-state index contributed by atoms with van der Waals surface area (Å²) in [7, 11) is -2.61. The van der Waals surface area contributed by atoms with E-state index in [1.54, 1.807) is 0 Å². The number of nitrogens with two attached hydrogens (primary N) is 1. The lowest BCUT2D eigenvalue weighted by atomic mass is 9.93. The summed E-state index contributed by atoms with van der Waals surface area (Å²) >= 11 is 0. The van der Waals surface area contributed by atoms with Crippen molar-refractivity contribution in [3.63, 3.8) is 0 Å². The fraction of sp³-hybridized carbons (Fsp3) is 0.727. The largest absolute Gasteiger partial charge is 0.479 e. The topological polar surface area (TPSA) is 168 Å². The molecule has 0 bridgehead atoms. The van der Waals surface area contributed by atoms with Crippen molar-refractivity contribution in [2.24, 2.45) is 5.73 Å². The van der Waals surface area contributed by atoms with Gasteiger partial charge in [0.1, 0.15) is 18.3 Å². The maximum atomic E-state index is 11.5. The molecule has 1 aliphatic rings. The molecule has 22 heavy (non-hydrogen) atoms. The second-order valence-corrected chi connectivity index (χ2v) is 6.62. The predicted octanol–water partition coefficient (Wildman–Crippen LogP) is -3.60. The van der Waals surface area contributed by atoms with Crippen LogP contribution in [0.5, 0.6) is 0 Å². The monoisotopic (exact) mass is 340 g/mol. The van der Waals surface area contributed by atoms with Gasteiger partial charge < -0.3 is 30.5 Å². The number of hydrogen-bond donors (Lipinski definition) is 5. The first-order valence-corrected chi connectivity index (χ1v) is 8.16. The van der Waals surface area contributed by atoms with E-state index in [1.165, 1.54) is 0 Å². The number of esters is 1. The minimum atomic E-state index is -3.71. The number of hydrogen-bond acceptors (Lipinski definition) is 9. The Morgan fingerprint density at radius 1 is 1.55 bits per heavy atom. The van der Waals surface area contributed by atoms with Crippen LogP contribution in [0.15, 0.2) is 11.8 Å².